The van der Waals surface area contributed by atoms with E-state index in [2.05, 4.69) is 33.6 Å². The van der Waals surface area contributed by atoms with Crippen LogP contribution in [0.3, 0.4) is 0 Å². The number of thiazole rings is 1. The fourth-order valence-corrected chi connectivity index (χ4v) is 4.01. The third-order valence-corrected chi connectivity index (χ3v) is 5.34. The van der Waals surface area contributed by atoms with Crippen LogP contribution in [0.25, 0.3) is 10.2 Å². The normalized spacial score (nSPS) is 15.1. The first kappa shape index (κ1) is 14.5. The van der Waals surface area contributed by atoms with Crippen LogP contribution in [0.15, 0.2) is 30.6 Å². The Labute approximate surface area is 139 Å². The number of ether oxygens (including phenoxy) is 1. The van der Waals surface area contributed by atoms with Crippen LogP contribution in [0, 0.1) is 12.8 Å². The minimum absolute atomic E-state index is 0.675. The van der Waals surface area contributed by atoms with Gasteiger partial charge in [0.05, 0.1) is 16.8 Å². The molecule has 0 N–H and O–H groups in total. The number of rotatable bonds is 5. The molecule has 3 heterocycles. The SMILES string of the molecule is CCOc1ccc2nc(N3CC(Cn4ccnc4C)C3)sc2c1. The smallest absolute Gasteiger partial charge is 0.186 e. The first-order chi connectivity index (χ1) is 11.2. The Hall–Kier alpha value is -2.08. The van der Waals surface area contributed by atoms with Crippen LogP contribution in [0.4, 0.5) is 5.13 Å². The van der Waals surface area contributed by atoms with Crippen molar-refractivity contribution < 1.29 is 4.74 Å². The van der Waals surface area contributed by atoms with E-state index in [0.717, 1.165) is 41.9 Å². The van der Waals surface area contributed by atoms with Crippen molar-refractivity contribution in [3.63, 3.8) is 0 Å². The fourth-order valence-electron chi connectivity index (χ4n) is 3.00. The second kappa shape index (κ2) is 5.85. The lowest BCUT2D eigenvalue weighted by atomic mass is 10.0. The Morgan fingerprint density at radius 1 is 1.35 bits per heavy atom. The highest BCUT2D eigenvalue weighted by atomic mass is 32.1. The zero-order valence-corrected chi connectivity index (χ0v) is 14.2. The van der Waals surface area contributed by atoms with Crippen LogP contribution < -0.4 is 9.64 Å². The van der Waals surface area contributed by atoms with Gasteiger partial charge in [-0.1, -0.05) is 11.3 Å². The Morgan fingerprint density at radius 3 is 2.96 bits per heavy atom. The van der Waals surface area contributed by atoms with Crippen LogP contribution in [0.1, 0.15) is 12.7 Å². The Morgan fingerprint density at radius 2 is 2.22 bits per heavy atom. The van der Waals surface area contributed by atoms with E-state index in [4.69, 9.17) is 9.72 Å². The van der Waals surface area contributed by atoms with Gasteiger partial charge in [-0.3, -0.25) is 0 Å². The van der Waals surface area contributed by atoms with Crippen LogP contribution in [-0.2, 0) is 6.54 Å². The van der Waals surface area contributed by atoms with Crippen LogP contribution in [-0.4, -0.2) is 34.2 Å². The quantitative estimate of drug-likeness (QED) is 0.720. The molecule has 0 amide bonds. The van der Waals surface area contributed by atoms with Gasteiger partial charge in [-0.25, -0.2) is 9.97 Å². The average Bonchev–Trinajstić information content (AvgIpc) is 3.08. The highest BCUT2D eigenvalue weighted by Gasteiger charge is 2.29. The Bertz CT molecular complexity index is 819. The third-order valence-electron chi connectivity index (χ3n) is 4.27. The highest BCUT2D eigenvalue weighted by Crippen LogP contribution is 2.35. The highest BCUT2D eigenvalue weighted by molar-refractivity contribution is 7.22. The van der Waals surface area contributed by atoms with E-state index in [1.54, 1.807) is 11.3 Å². The molecule has 0 bridgehead atoms. The van der Waals surface area contributed by atoms with Gasteiger partial charge < -0.3 is 14.2 Å². The van der Waals surface area contributed by atoms with Crippen molar-refractivity contribution >= 4 is 26.7 Å². The van der Waals surface area contributed by atoms with Crippen LogP contribution in [0.5, 0.6) is 5.75 Å². The molecule has 1 fully saturated rings. The number of fused-ring (bicyclic) bond motifs is 1. The number of hydrogen-bond donors (Lipinski definition) is 0. The molecule has 0 spiro atoms. The van der Waals surface area contributed by atoms with E-state index in [1.807, 2.05) is 25.3 Å². The maximum Gasteiger partial charge on any atom is 0.186 e. The lowest BCUT2D eigenvalue weighted by Gasteiger charge is -2.39. The minimum atomic E-state index is 0.675. The van der Waals surface area contributed by atoms with Gasteiger partial charge in [-0.15, -0.1) is 0 Å². The van der Waals surface area contributed by atoms with Crippen molar-refractivity contribution in [3.8, 4) is 5.75 Å². The molecule has 0 saturated carbocycles. The molecule has 23 heavy (non-hydrogen) atoms. The summed E-state index contributed by atoms with van der Waals surface area (Å²) in [4.78, 5) is 11.4. The summed E-state index contributed by atoms with van der Waals surface area (Å²) in [5.41, 5.74) is 1.06. The van der Waals surface area contributed by atoms with E-state index in [9.17, 15) is 0 Å². The molecule has 0 radical (unpaired) electrons. The summed E-state index contributed by atoms with van der Waals surface area (Å²) in [5, 5.41) is 1.12. The zero-order chi connectivity index (χ0) is 15.8. The molecule has 5 nitrogen and oxygen atoms in total. The Kier molecular flexibility index (Phi) is 3.69. The van der Waals surface area contributed by atoms with Crippen LogP contribution in [0.2, 0.25) is 0 Å². The standard InChI is InChI=1S/C17H20N4OS/c1-3-22-14-4-5-15-16(8-14)23-17(19-15)21-10-13(11-21)9-20-7-6-18-12(20)2/h4-8,13H,3,9-11H2,1-2H3. The number of anilines is 1. The number of aryl methyl sites for hydroxylation is 1. The molecule has 120 valence electrons. The van der Waals surface area contributed by atoms with Crippen molar-refractivity contribution in [2.24, 2.45) is 5.92 Å². The van der Waals surface area contributed by atoms with Gasteiger partial charge in [0.25, 0.3) is 0 Å². The number of nitrogens with zero attached hydrogens (tertiary/aromatic N) is 4. The molecule has 1 aliphatic rings. The van der Waals surface area contributed by atoms with Crippen molar-refractivity contribution in [3.05, 3.63) is 36.4 Å². The molecule has 0 atom stereocenters. The minimum Gasteiger partial charge on any atom is -0.494 e. The van der Waals surface area contributed by atoms with E-state index >= 15 is 0 Å². The van der Waals surface area contributed by atoms with E-state index in [0.29, 0.717) is 12.5 Å². The maximum atomic E-state index is 5.57. The first-order valence-electron chi connectivity index (χ1n) is 7.99. The molecule has 0 aliphatic carbocycles. The average molecular weight is 328 g/mol. The van der Waals surface area contributed by atoms with Crippen molar-refractivity contribution in [1.29, 1.82) is 0 Å². The monoisotopic (exact) mass is 328 g/mol. The molecule has 1 aliphatic heterocycles. The molecule has 1 aromatic carbocycles. The van der Waals surface area contributed by atoms with Crippen LogP contribution >= 0.6 is 11.3 Å². The summed E-state index contributed by atoms with van der Waals surface area (Å²) in [6.45, 7) is 7.93. The molecule has 3 aromatic rings. The molecular weight excluding hydrogens is 308 g/mol. The summed E-state index contributed by atoms with van der Waals surface area (Å²) >= 11 is 1.75. The van der Waals surface area contributed by atoms with Gasteiger partial charge in [-0.2, -0.15) is 0 Å². The van der Waals surface area contributed by atoms with Gasteiger partial charge in [0.15, 0.2) is 5.13 Å². The predicted molar refractivity (Wildman–Crippen MR) is 93.5 cm³/mol. The Balaban J connectivity index is 1.43. The zero-order valence-electron chi connectivity index (χ0n) is 13.4. The second-order valence-corrected chi connectivity index (χ2v) is 6.97. The lowest BCUT2D eigenvalue weighted by molar-refractivity contribution is 0.341. The number of aromatic nitrogens is 3. The van der Waals surface area contributed by atoms with Crippen molar-refractivity contribution in [1.82, 2.24) is 14.5 Å². The van der Waals surface area contributed by atoms with Crippen molar-refractivity contribution in [2.45, 2.75) is 20.4 Å². The third kappa shape index (κ3) is 2.79. The van der Waals surface area contributed by atoms with Gasteiger partial charge in [-0.05, 0) is 32.0 Å². The van der Waals surface area contributed by atoms with E-state index < -0.39 is 0 Å². The van der Waals surface area contributed by atoms with Gasteiger partial charge in [0.1, 0.15) is 11.6 Å². The molecular formula is C17H20N4OS. The predicted octanol–water partition coefficient (Wildman–Crippen LogP) is 3.34. The molecule has 2 aromatic heterocycles. The fraction of sp³-hybridized carbons (Fsp3) is 0.412. The van der Waals surface area contributed by atoms with Gasteiger partial charge in [0, 0.05) is 37.9 Å². The first-order valence-corrected chi connectivity index (χ1v) is 8.80. The van der Waals surface area contributed by atoms with Gasteiger partial charge >= 0.3 is 0 Å². The van der Waals surface area contributed by atoms with Gasteiger partial charge in [0.2, 0.25) is 0 Å². The summed E-state index contributed by atoms with van der Waals surface area (Å²) in [6, 6.07) is 6.13. The van der Waals surface area contributed by atoms with Crippen molar-refractivity contribution in [2.75, 3.05) is 24.6 Å². The molecule has 0 unspecified atom stereocenters. The summed E-state index contributed by atoms with van der Waals surface area (Å²) in [6.07, 6.45) is 3.93. The lowest BCUT2D eigenvalue weighted by Crippen LogP contribution is -2.48. The molecule has 6 heteroatoms. The topological polar surface area (TPSA) is 43.2 Å². The number of hydrogen-bond acceptors (Lipinski definition) is 5. The number of benzene rings is 1. The summed E-state index contributed by atoms with van der Waals surface area (Å²) in [5.74, 6) is 2.69. The largest absolute Gasteiger partial charge is 0.494 e. The van der Waals surface area contributed by atoms with E-state index in [1.165, 1.54) is 4.70 Å². The number of imidazole rings is 1. The molecule has 4 rings (SSSR count). The summed E-state index contributed by atoms with van der Waals surface area (Å²) < 4.78 is 8.99. The maximum absolute atomic E-state index is 5.57. The van der Waals surface area contributed by atoms with E-state index in [-0.39, 0.29) is 0 Å². The summed E-state index contributed by atoms with van der Waals surface area (Å²) in [7, 11) is 0. The molecule has 1 saturated heterocycles. The second-order valence-electron chi connectivity index (χ2n) is 5.96.